The van der Waals surface area contributed by atoms with Gasteiger partial charge in [0.2, 0.25) is 6.79 Å². The first-order valence-corrected chi connectivity index (χ1v) is 8.87. The van der Waals surface area contributed by atoms with Crippen LogP contribution in [-0.4, -0.2) is 24.9 Å². The largest absolute Gasteiger partial charge is 0.497 e. The number of thiocarbonyl (C=S) groups is 1. The van der Waals surface area contributed by atoms with Gasteiger partial charge in [-0.3, -0.25) is 9.69 Å². The number of nitrogens with zero attached hydrogens (tertiary/aromatic N) is 1. The van der Waals surface area contributed by atoms with Crippen LogP contribution in [0.3, 0.4) is 0 Å². The van der Waals surface area contributed by atoms with E-state index < -0.39 is 0 Å². The van der Waals surface area contributed by atoms with Crippen molar-refractivity contribution in [3.8, 4) is 17.2 Å². The Balaban J connectivity index is 1.65. The van der Waals surface area contributed by atoms with E-state index >= 15 is 0 Å². The molecule has 0 atom stereocenters. The van der Waals surface area contributed by atoms with Crippen molar-refractivity contribution >= 4 is 50.9 Å². The highest BCUT2D eigenvalue weighted by Gasteiger charge is 2.32. The summed E-state index contributed by atoms with van der Waals surface area (Å²) in [6.07, 6.45) is 1.73. The molecule has 1 amide bonds. The van der Waals surface area contributed by atoms with Crippen molar-refractivity contribution in [3.05, 3.63) is 52.1 Å². The van der Waals surface area contributed by atoms with E-state index in [1.54, 1.807) is 37.5 Å². The predicted molar refractivity (Wildman–Crippen MR) is 104 cm³/mol. The van der Waals surface area contributed by atoms with Crippen LogP contribution in [0.15, 0.2) is 46.6 Å². The molecular formula is C18H13BrN2O4S. The average Bonchev–Trinajstić information content (AvgIpc) is 3.19. The molecule has 0 bridgehead atoms. The van der Waals surface area contributed by atoms with Crippen LogP contribution < -0.4 is 24.4 Å². The fourth-order valence-electron chi connectivity index (χ4n) is 2.70. The number of nitrogens with one attached hydrogen (secondary N) is 1. The lowest BCUT2D eigenvalue weighted by molar-refractivity contribution is -0.113. The fourth-order valence-corrected chi connectivity index (χ4v) is 3.43. The maximum absolute atomic E-state index is 12.8. The number of carbonyl (C=O) groups excluding carboxylic acids is 1. The zero-order valence-corrected chi connectivity index (χ0v) is 16.0. The third-order valence-corrected chi connectivity index (χ3v) is 4.97. The molecule has 0 aromatic heterocycles. The number of hydrogen-bond acceptors (Lipinski definition) is 5. The van der Waals surface area contributed by atoms with Gasteiger partial charge in [-0.1, -0.05) is 15.9 Å². The van der Waals surface area contributed by atoms with Crippen molar-refractivity contribution in [1.29, 1.82) is 0 Å². The van der Waals surface area contributed by atoms with Crippen molar-refractivity contribution in [2.75, 3.05) is 18.8 Å². The molecule has 0 radical (unpaired) electrons. The highest BCUT2D eigenvalue weighted by Crippen LogP contribution is 2.38. The standard InChI is InChI=1S/C18H13BrN2O4S/c1-23-12-4-2-11(3-5-12)21-17(22)14(20-18(21)26)6-10-7-15-16(8-13(10)19)25-9-24-15/h2-8H,9H2,1H3,(H,20,26)/b14-6-. The van der Waals surface area contributed by atoms with Crippen LogP contribution in [0.1, 0.15) is 5.56 Å². The number of amides is 1. The maximum Gasteiger partial charge on any atom is 0.281 e. The Kier molecular flexibility index (Phi) is 4.29. The Morgan fingerprint density at radius 2 is 1.92 bits per heavy atom. The van der Waals surface area contributed by atoms with Crippen LogP contribution in [0.25, 0.3) is 6.08 Å². The number of fused-ring (bicyclic) bond motifs is 1. The van der Waals surface area contributed by atoms with Gasteiger partial charge < -0.3 is 19.5 Å². The summed E-state index contributed by atoms with van der Waals surface area (Å²) in [5.41, 5.74) is 1.83. The average molecular weight is 433 g/mol. The lowest BCUT2D eigenvalue weighted by Crippen LogP contribution is -2.30. The number of anilines is 1. The molecule has 8 heteroatoms. The molecule has 0 unspecified atom stereocenters. The van der Waals surface area contributed by atoms with Crippen molar-refractivity contribution in [1.82, 2.24) is 5.32 Å². The summed E-state index contributed by atoms with van der Waals surface area (Å²) in [4.78, 5) is 14.3. The van der Waals surface area contributed by atoms with E-state index in [1.807, 2.05) is 12.1 Å². The zero-order chi connectivity index (χ0) is 18.3. The molecule has 26 heavy (non-hydrogen) atoms. The summed E-state index contributed by atoms with van der Waals surface area (Å²) in [6.45, 7) is 0.189. The third-order valence-electron chi connectivity index (χ3n) is 4.00. The quantitative estimate of drug-likeness (QED) is 0.591. The number of carbonyl (C=O) groups is 1. The maximum atomic E-state index is 12.8. The smallest absolute Gasteiger partial charge is 0.281 e. The molecule has 2 aromatic rings. The van der Waals surface area contributed by atoms with E-state index in [0.717, 1.165) is 10.0 Å². The van der Waals surface area contributed by atoms with Gasteiger partial charge >= 0.3 is 0 Å². The van der Waals surface area contributed by atoms with Gasteiger partial charge in [0.1, 0.15) is 11.4 Å². The normalized spacial score (nSPS) is 17.0. The van der Waals surface area contributed by atoms with Crippen LogP contribution >= 0.6 is 28.1 Å². The van der Waals surface area contributed by atoms with Crippen molar-refractivity contribution in [3.63, 3.8) is 0 Å². The van der Waals surface area contributed by atoms with Gasteiger partial charge in [0.15, 0.2) is 16.6 Å². The lowest BCUT2D eigenvalue weighted by atomic mass is 10.1. The topological polar surface area (TPSA) is 60.0 Å². The monoisotopic (exact) mass is 432 g/mol. The van der Waals surface area contributed by atoms with Crippen LogP contribution in [0, 0.1) is 0 Å². The van der Waals surface area contributed by atoms with Gasteiger partial charge in [-0.25, -0.2) is 0 Å². The SMILES string of the molecule is COc1ccc(N2C(=O)/C(=C/c3cc4c(cc3Br)OCO4)NC2=S)cc1. The molecule has 0 aliphatic carbocycles. The van der Waals surface area contributed by atoms with Crippen molar-refractivity contribution in [2.24, 2.45) is 0 Å². The Morgan fingerprint density at radius 1 is 1.23 bits per heavy atom. The highest BCUT2D eigenvalue weighted by molar-refractivity contribution is 9.10. The predicted octanol–water partition coefficient (Wildman–Crippen LogP) is 3.45. The number of ether oxygens (including phenoxy) is 3. The van der Waals surface area contributed by atoms with Gasteiger partial charge in [0.05, 0.1) is 12.8 Å². The minimum absolute atomic E-state index is 0.189. The number of rotatable bonds is 3. The van der Waals surface area contributed by atoms with E-state index in [4.69, 9.17) is 26.4 Å². The van der Waals surface area contributed by atoms with E-state index in [2.05, 4.69) is 21.2 Å². The van der Waals surface area contributed by atoms with Gasteiger partial charge in [0.25, 0.3) is 5.91 Å². The molecule has 2 heterocycles. The van der Waals surface area contributed by atoms with E-state index in [0.29, 0.717) is 33.7 Å². The molecule has 1 saturated heterocycles. The second-order valence-electron chi connectivity index (χ2n) is 5.55. The minimum atomic E-state index is -0.232. The van der Waals surface area contributed by atoms with E-state index in [-0.39, 0.29) is 12.7 Å². The first-order valence-electron chi connectivity index (χ1n) is 7.67. The molecular weight excluding hydrogens is 420 g/mol. The molecule has 0 saturated carbocycles. The Hall–Kier alpha value is -2.58. The molecule has 4 rings (SSSR count). The van der Waals surface area contributed by atoms with Gasteiger partial charge in [-0.2, -0.15) is 0 Å². The molecule has 2 aromatic carbocycles. The van der Waals surface area contributed by atoms with Crippen molar-refractivity contribution in [2.45, 2.75) is 0 Å². The molecule has 6 nitrogen and oxygen atoms in total. The van der Waals surface area contributed by atoms with E-state index in [9.17, 15) is 4.79 Å². The first-order chi connectivity index (χ1) is 12.6. The molecule has 2 aliphatic rings. The Bertz CT molecular complexity index is 943. The number of benzene rings is 2. The molecule has 1 fully saturated rings. The second kappa shape index (κ2) is 6.62. The zero-order valence-electron chi connectivity index (χ0n) is 13.6. The molecule has 1 N–H and O–H groups in total. The number of hydrogen-bond donors (Lipinski definition) is 1. The summed E-state index contributed by atoms with van der Waals surface area (Å²) in [5.74, 6) is 1.78. The van der Waals surface area contributed by atoms with E-state index in [1.165, 1.54) is 4.90 Å². The summed E-state index contributed by atoms with van der Waals surface area (Å²) >= 11 is 8.82. The second-order valence-corrected chi connectivity index (χ2v) is 6.79. The van der Waals surface area contributed by atoms with Crippen molar-refractivity contribution < 1.29 is 19.0 Å². The summed E-state index contributed by atoms with van der Waals surface area (Å²) in [5, 5.41) is 3.29. The van der Waals surface area contributed by atoms with Crippen LogP contribution in [-0.2, 0) is 4.79 Å². The van der Waals surface area contributed by atoms with Gasteiger partial charge in [-0.15, -0.1) is 0 Å². The Labute approximate surface area is 163 Å². The summed E-state index contributed by atoms with van der Waals surface area (Å²) < 4.78 is 16.7. The molecule has 132 valence electrons. The van der Waals surface area contributed by atoms with Gasteiger partial charge in [0, 0.05) is 4.47 Å². The minimum Gasteiger partial charge on any atom is -0.497 e. The fraction of sp³-hybridized carbons (Fsp3) is 0.111. The highest BCUT2D eigenvalue weighted by atomic mass is 79.9. The van der Waals surface area contributed by atoms with Crippen LogP contribution in [0.4, 0.5) is 5.69 Å². The lowest BCUT2D eigenvalue weighted by Gasteiger charge is -2.14. The Morgan fingerprint density at radius 3 is 2.62 bits per heavy atom. The molecule has 2 aliphatic heterocycles. The van der Waals surface area contributed by atoms with Gasteiger partial charge in [-0.05, 0) is 60.3 Å². The first kappa shape index (κ1) is 16.9. The number of methoxy groups -OCH3 is 1. The van der Waals surface area contributed by atoms with Crippen LogP contribution in [0.2, 0.25) is 0 Å². The summed E-state index contributed by atoms with van der Waals surface area (Å²) in [6, 6.07) is 10.7. The third kappa shape index (κ3) is 2.91. The summed E-state index contributed by atoms with van der Waals surface area (Å²) in [7, 11) is 1.59. The van der Waals surface area contributed by atoms with Crippen LogP contribution in [0.5, 0.6) is 17.2 Å². The number of halogens is 1. The molecule has 0 spiro atoms.